The Balaban J connectivity index is 1.69. The largest absolute Gasteiger partial charge is 0.494 e. The van der Waals surface area contributed by atoms with Crippen LogP contribution in [0.25, 0.3) is 0 Å². The molecule has 28 heavy (non-hydrogen) atoms. The first-order chi connectivity index (χ1) is 13.5. The van der Waals surface area contributed by atoms with Gasteiger partial charge in [0.25, 0.3) is 0 Å². The molecule has 0 spiro atoms. The molecule has 0 N–H and O–H groups in total. The summed E-state index contributed by atoms with van der Waals surface area (Å²) >= 11 is 0.975. The zero-order valence-electron chi connectivity index (χ0n) is 15.7. The van der Waals surface area contributed by atoms with E-state index in [2.05, 4.69) is 28.0 Å². The van der Waals surface area contributed by atoms with Crippen molar-refractivity contribution in [3.63, 3.8) is 0 Å². The van der Waals surface area contributed by atoms with Crippen LogP contribution in [0.1, 0.15) is 19.3 Å². The van der Waals surface area contributed by atoms with Gasteiger partial charge in [-0.1, -0.05) is 24.8 Å². The number of hydrogen-bond donors (Lipinski definition) is 0. The summed E-state index contributed by atoms with van der Waals surface area (Å²) in [6.07, 6.45) is 5.98. The minimum atomic E-state index is -4.44. The molecule has 1 aromatic carbocycles. The third kappa shape index (κ3) is 8.35. The Bertz CT molecular complexity index is 697. The van der Waals surface area contributed by atoms with Crippen molar-refractivity contribution in [1.29, 1.82) is 0 Å². The van der Waals surface area contributed by atoms with E-state index >= 15 is 0 Å². The molecular weight excluding hydrogens is 385 g/mol. The first-order valence-electron chi connectivity index (χ1n) is 9.19. The third-order valence-corrected chi connectivity index (χ3v) is 4.77. The van der Waals surface area contributed by atoms with Crippen molar-refractivity contribution in [2.45, 2.75) is 30.3 Å². The van der Waals surface area contributed by atoms with Gasteiger partial charge in [0.1, 0.15) is 5.75 Å². The van der Waals surface area contributed by atoms with Gasteiger partial charge in [-0.15, -0.1) is 0 Å². The van der Waals surface area contributed by atoms with Gasteiger partial charge >= 0.3 is 6.18 Å². The number of alkyl halides is 3. The van der Waals surface area contributed by atoms with Crippen molar-refractivity contribution >= 4 is 18.2 Å². The molecule has 0 saturated carbocycles. The molecule has 152 valence electrons. The van der Waals surface area contributed by atoms with Crippen LogP contribution in [0.5, 0.6) is 5.75 Å². The van der Waals surface area contributed by atoms with Gasteiger partial charge in [-0.2, -0.15) is 13.2 Å². The average molecular weight is 411 g/mol. The monoisotopic (exact) mass is 410 g/mol. The zero-order valence-corrected chi connectivity index (χ0v) is 16.5. The van der Waals surface area contributed by atoms with Crippen LogP contribution >= 0.6 is 11.9 Å². The highest BCUT2D eigenvalue weighted by atomic mass is 32.2. The fourth-order valence-electron chi connectivity index (χ4n) is 2.60. The molecule has 0 unspecified atom stereocenters. The van der Waals surface area contributed by atoms with Crippen LogP contribution in [0.2, 0.25) is 0 Å². The highest BCUT2D eigenvalue weighted by Crippen LogP contribution is 2.26. The van der Waals surface area contributed by atoms with Crippen LogP contribution < -0.4 is 4.74 Å². The van der Waals surface area contributed by atoms with E-state index in [9.17, 15) is 13.2 Å². The highest BCUT2D eigenvalue weighted by Gasteiger charge is 2.31. The quantitative estimate of drug-likeness (QED) is 0.159. The lowest BCUT2D eigenvalue weighted by molar-refractivity contribution is -0.0855. The van der Waals surface area contributed by atoms with Crippen LogP contribution in [0.3, 0.4) is 0 Å². The van der Waals surface area contributed by atoms with E-state index in [1.165, 1.54) is 0 Å². The fourth-order valence-corrected chi connectivity index (χ4v) is 3.14. The first-order valence-corrected chi connectivity index (χ1v) is 9.97. The Kier molecular flexibility index (Phi) is 9.37. The predicted octanol–water partition coefficient (Wildman–Crippen LogP) is 5.86. The molecule has 1 heterocycles. The predicted molar refractivity (Wildman–Crippen MR) is 110 cm³/mol. The van der Waals surface area contributed by atoms with Crippen molar-refractivity contribution in [1.82, 2.24) is 4.90 Å². The molecule has 0 amide bonds. The molecule has 3 nitrogen and oxygen atoms in total. The van der Waals surface area contributed by atoms with E-state index in [4.69, 9.17) is 4.74 Å². The summed E-state index contributed by atoms with van der Waals surface area (Å²) in [7, 11) is 0. The Morgan fingerprint density at radius 3 is 2.64 bits per heavy atom. The van der Waals surface area contributed by atoms with Crippen molar-refractivity contribution < 1.29 is 17.9 Å². The van der Waals surface area contributed by atoms with Gasteiger partial charge in [-0.3, -0.25) is 4.90 Å². The zero-order chi connectivity index (χ0) is 20.2. The molecule has 0 bridgehead atoms. The molecule has 0 radical (unpaired) electrons. The summed E-state index contributed by atoms with van der Waals surface area (Å²) in [5, 5.41) is 0. The van der Waals surface area contributed by atoms with E-state index < -0.39 is 11.7 Å². The first kappa shape index (κ1) is 22.3. The molecule has 1 aliphatic rings. The van der Waals surface area contributed by atoms with E-state index in [0.717, 1.165) is 79.9 Å². The summed E-state index contributed by atoms with van der Waals surface area (Å²) in [6, 6.07) is 7.17. The number of ether oxygens (including phenoxy) is 1. The normalized spacial score (nSPS) is 15.9. The maximum absolute atomic E-state index is 12.7. The summed E-state index contributed by atoms with van der Waals surface area (Å²) < 4.78 is 47.7. The summed E-state index contributed by atoms with van der Waals surface area (Å²) in [5.74, 6) is 0.747. The van der Waals surface area contributed by atoms with Gasteiger partial charge in [0, 0.05) is 36.1 Å². The minimum Gasteiger partial charge on any atom is -0.494 e. The smallest absolute Gasteiger partial charge is 0.417 e. The number of benzene rings is 1. The molecule has 0 aromatic heterocycles. The fraction of sp³-hybridized carbons (Fsp3) is 0.381. The Morgan fingerprint density at radius 2 is 2.00 bits per heavy atom. The lowest BCUT2D eigenvalue weighted by atomic mass is 10.2. The average Bonchev–Trinajstić information content (AvgIpc) is 2.68. The van der Waals surface area contributed by atoms with Crippen LogP contribution in [-0.2, 0) is 0 Å². The number of rotatable bonds is 10. The Hall–Kier alpha value is -1.99. The third-order valence-electron chi connectivity index (χ3n) is 4.08. The maximum Gasteiger partial charge on any atom is 0.417 e. The molecule has 2 rings (SSSR count). The standard InChI is InChI=1S/C21H25F3N2OS/c1-2-8-18(21(22,23)24)17-25-28-20-11-9-19(10-12-20)27-16-7-6-15-26-13-4-3-5-14-26/h2-4,8-12,17H,1,5-7,13-16H2/b18-8+,25-17-. The lowest BCUT2D eigenvalue weighted by Crippen LogP contribution is -2.28. The van der Waals surface area contributed by atoms with E-state index in [1.807, 2.05) is 0 Å². The second-order valence-corrected chi connectivity index (χ2v) is 7.13. The van der Waals surface area contributed by atoms with Gasteiger partial charge < -0.3 is 4.74 Å². The van der Waals surface area contributed by atoms with Crippen molar-refractivity contribution in [3.05, 3.63) is 60.7 Å². The van der Waals surface area contributed by atoms with Crippen molar-refractivity contribution in [2.24, 2.45) is 4.40 Å². The number of nitrogens with zero attached hydrogens (tertiary/aromatic N) is 2. The Labute approximate surface area is 168 Å². The molecule has 0 aliphatic carbocycles. The second kappa shape index (κ2) is 11.8. The molecule has 1 aliphatic heterocycles. The van der Waals surface area contributed by atoms with Crippen molar-refractivity contribution in [2.75, 3.05) is 26.2 Å². The van der Waals surface area contributed by atoms with Gasteiger partial charge in [0.2, 0.25) is 0 Å². The van der Waals surface area contributed by atoms with E-state index in [1.54, 1.807) is 24.3 Å². The maximum atomic E-state index is 12.7. The summed E-state index contributed by atoms with van der Waals surface area (Å²) in [4.78, 5) is 3.17. The van der Waals surface area contributed by atoms with Gasteiger partial charge in [0.05, 0.1) is 12.2 Å². The van der Waals surface area contributed by atoms with Gasteiger partial charge in [-0.25, -0.2) is 4.40 Å². The van der Waals surface area contributed by atoms with Gasteiger partial charge in [0.15, 0.2) is 0 Å². The Morgan fingerprint density at radius 1 is 1.21 bits per heavy atom. The molecular formula is C21H25F3N2OS. The molecule has 0 fully saturated rings. The SMILES string of the molecule is C=C/C=C(\C=N/Sc1ccc(OCCCCN2CC=CCC2)cc1)C(F)(F)F. The second-order valence-electron chi connectivity index (χ2n) is 6.27. The van der Waals surface area contributed by atoms with Gasteiger partial charge in [-0.05, 0) is 56.1 Å². The molecule has 0 saturated heterocycles. The number of unbranched alkanes of at least 4 members (excludes halogenated alkanes) is 1. The number of halogens is 3. The van der Waals surface area contributed by atoms with Crippen LogP contribution in [-0.4, -0.2) is 43.5 Å². The number of allylic oxidation sites excluding steroid dienone is 3. The van der Waals surface area contributed by atoms with Crippen LogP contribution in [0, 0.1) is 0 Å². The summed E-state index contributed by atoms with van der Waals surface area (Å²) in [6.45, 7) is 7.19. The highest BCUT2D eigenvalue weighted by molar-refractivity contribution is 7.98. The molecule has 7 heteroatoms. The van der Waals surface area contributed by atoms with E-state index in [0.29, 0.717) is 6.61 Å². The van der Waals surface area contributed by atoms with Crippen LogP contribution in [0.4, 0.5) is 13.2 Å². The topological polar surface area (TPSA) is 24.8 Å². The van der Waals surface area contributed by atoms with Crippen molar-refractivity contribution in [3.8, 4) is 5.75 Å². The lowest BCUT2D eigenvalue weighted by Gasteiger charge is -2.22. The molecule has 0 atom stereocenters. The minimum absolute atomic E-state index is 0.648. The molecule has 1 aromatic rings. The summed E-state index contributed by atoms with van der Waals surface area (Å²) in [5.41, 5.74) is -0.837. The van der Waals surface area contributed by atoms with Crippen LogP contribution in [0.15, 0.2) is 70.0 Å². The number of hydrogen-bond acceptors (Lipinski definition) is 4. The van der Waals surface area contributed by atoms with E-state index in [-0.39, 0.29) is 0 Å².